The number of hydrogen-bond donors (Lipinski definition) is 1. The Morgan fingerprint density at radius 2 is 2.11 bits per heavy atom. The summed E-state index contributed by atoms with van der Waals surface area (Å²) in [6, 6.07) is 0. The van der Waals surface area contributed by atoms with E-state index in [1.807, 2.05) is 6.92 Å². The van der Waals surface area contributed by atoms with E-state index in [0.717, 1.165) is 35.3 Å². The van der Waals surface area contributed by atoms with E-state index in [1.165, 1.54) is 11.3 Å². The third kappa shape index (κ3) is 4.30. The molecule has 1 fully saturated rings. The number of piperazine rings is 1. The molecule has 1 aromatic rings. The second-order valence-corrected chi connectivity index (χ2v) is 7.75. The maximum atomic E-state index is 13.0. The molecule has 0 bridgehead atoms. The molecule has 0 spiro atoms. The van der Waals surface area contributed by atoms with Gasteiger partial charge in [0, 0.05) is 31.7 Å². The van der Waals surface area contributed by atoms with E-state index >= 15 is 0 Å². The molecule has 1 aromatic heterocycles. The fourth-order valence-corrected chi connectivity index (χ4v) is 4.73. The average molecular weight is 398 g/mol. The van der Waals surface area contributed by atoms with Gasteiger partial charge in [0.05, 0.1) is 23.1 Å². The molecule has 3 heterocycles. The van der Waals surface area contributed by atoms with E-state index < -0.39 is 6.08 Å². The second-order valence-electron chi connectivity index (χ2n) is 6.75. The quantitative estimate of drug-likeness (QED) is 0.828. The Hall–Kier alpha value is -2.00. The third-order valence-corrected chi connectivity index (χ3v) is 6.34. The number of carbonyl (C=O) groups excluding carboxylic acids is 2. The SMILES string of the molecule is CCN1Cc2c(sc(C(=O)N3CCNC(=O)C3)c2C)N(CCC=C(F)F)C1. The van der Waals surface area contributed by atoms with Gasteiger partial charge in [0.1, 0.15) is 0 Å². The van der Waals surface area contributed by atoms with Gasteiger partial charge in [0.25, 0.3) is 12.0 Å². The summed E-state index contributed by atoms with van der Waals surface area (Å²) in [4.78, 5) is 31.1. The average Bonchev–Trinajstić information content (AvgIpc) is 2.97. The molecule has 27 heavy (non-hydrogen) atoms. The first-order valence-corrected chi connectivity index (χ1v) is 9.89. The lowest BCUT2D eigenvalue weighted by atomic mass is 10.1. The highest BCUT2D eigenvalue weighted by atomic mass is 32.1. The van der Waals surface area contributed by atoms with Gasteiger partial charge in [-0.15, -0.1) is 11.3 Å². The van der Waals surface area contributed by atoms with Crippen LogP contribution in [0.5, 0.6) is 0 Å². The van der Waals surface area contributed by atoms with Crippen molar-refractivity contribution in [1.29, 1.82) is 0 Å². The lowest BCUT2D eigenvalue weighted by Crippen LogP contribution is -2.49. The van der Waals surface area contributed by atoms with E-state index in [2.05, 4.69) is 22.0 Å². The molecule has 0 aromatic carbocycles. The summed E-state index contributed by atoms with van der Waals surface area (Å²) in [6.07, 6.45) is -0.476. The van der Waals surface area contributed by atoms with Crippen LogP contribution in [-0.2, 0) is 11.3 Å². The molecule has 0 aliphatic carbocycles. The number of nitrogens with one attached hydrogen (secondary N) is 1. The monoisotopic (exact) mass is 398 g/mol. The highest BCUT2D eigenvalue weighted by molar-refractivity contribution is 7.18. The minimum atomic E-state index is -1.67. The maximum absolute atomic E-state index is 13.0. The summed E-state index contributed by atoms with van der Waals surface area (Å²) in [7, 11) is 0. The van der Waals surface area contributed by atoms with Gasteiger partial charge in [-0.1, -0.05) is 6.92 Å². The van der Waals surface area contributed by atoms with Gasteiger partial charge in [-0.2, -0.15) is 8.78 Å². The molecular formula is C18H24F2N4O2S. The number of nitrogens with zero attached hydrogens (tertiary/aromatic N) is 3. The number of anilines is 1. The van der Waals surface area contributed by atoms with Crippen molar-refractivity contribution in [3.63, 3.8) is 0 Å². The Bertz CT molecular complexity index is 761. The topological polar surface area (TPSA) is 55.9 Å². The highest BCUT2D eigenvalue weighted by Gasteiger charge is 2.31. The zero-order chi connectivity index (χ0) is 19.6. The van der Waals surface area contributed by atoms with E-state index in [0.29, 0.717) is 31.2 Å². The first-order chi connectivity index (χ1) is 12.9. The van der Waals surface area contributed by atoms with Crippen LogP contribution in [0.2, 0.25) is 0 Å². The van der Waals surface area contributed by atoms with Gasteiger partial charge < -0.3 is 15.1 Å². The number of rotatable bonds is 5. The van der Waals surface area contributed by atoms with Crippen LogP contribution in [0.3, 0.4) is 0 Å². The Morgan fingerprint density at radius 3 is 2.78 bits per heavy atom. The molecule has 148 valence electrons. The fourth-order valence-electron chi connectivity index (χ4n) is 3.43. The molecule has 0 saturated carbocycles. The van der Waals surface area contributed by atoms with E-state index in [4.69, 9.17) is 0 Å². The minimum absolute atomic E-state index is 0.0756. The van der Waals surface area contributed by atoms with Crippen LogP contribution in [0.15, 0.2) is 12.2 Å². The third-order valence-electron chi connectivity index (χ3n) is 4.95. The Kier molecular flexibility index (Phi) is 6.11. The minimum Gasteiger partial charge on any atom is -0.353 e. The number of hydrogen-bond acceptors (Lipinski definition) is 5. The zero-order valence-electron chi connectivity index (χ0n) is 15.6. The highest BCUT2D eigenvalue weighted by Crippen LogP contribution is 2.40. The van der Waals surface area contributed by atoms with E-state index in [1.54, 1.807) is 4.90 Å². The Morgan fingerprint density at radius 1 is 1.33 bits per heavy atom. The largest absolute Gasteiger partial charge is 0.353 e. The van der Waals surface area contributed by atoms with Crippen LogP contribution in [0.4, 0.5) is 13.8 Å². The predicted octanol–water partition coefficient (Wildman–Crippen LogP) is 2.40. The van der Waals surface area contributed by atoms with Crippen molar-refractivity contribution in [3.05, 3.63) is 28.2 Å². The van der Waals surface area contributed by atoms with Gasteiger partial charge in [-0.25, -0.2) is 0 Å². The summed E-state index contributed by atoms with van der Waals surface area (Å²) < 4.78 is 24.8. The Labute approximate surface area is 161 Å². The Balaban J connectivity index is 1.86. The van der Waals surface area contributed by atoms with Gasteiger partial charge in [0.15, 0.2) is 0 Å². The van der Waals surface area contributed by atoms with Gasteiger partial charge >= 0.3 is 0 Å². The molecule has 0 unspecified atom stereocenters. The summed E-state index contributed by atoms with van der Waals surface area (Å²) in [5.41, 5.74) is 2.02. The van der Waals surface area contributed by atoms with Crippen molar-refractivity contribution >= 4 is 28.2 Å². The number of fused-ring (bicyclic) bond motifs is 1. The molecule has 2 aliphatic rings. The van der Waals surface area contributed by atoms with E-state index in [-0.39, 0.29) is 24.8 Å². The normalized spacial score (nSPS) is 17.6. The van der Waals surface area contributed by atoms with Crippen molar-refractivity contribution in [2.75, 3.05) is 44.3 Å². The molecule has 0 radical (unpaired) electrons. The van der Waals surface area contributed by atoms with Crippen molar-refractivity contribution in [1.82, 2.24) is 15.1 Å². The van der Waals surface area contributed by atoms with Crippen molar-refractivity contribution in [3.8, 4) is 0 Å². The summed E-state index contributed by atoms with van der Waals surface area (Å²) in [5.74, 6) is -0.271. The van der Waals surface area contributed by atoms with Crippen molar-refractivity contribution in [2.24, 2.45) is 0 Å². The van der Waals surface area contributed by atoms with Crippen LogP contribution in [0.25, 0.3) is 0 Å². The lowest BCUT2D eigenvalue weighted by Gasteiger charge is -2.36. The number of amides is 2. The predicted molar refractivity (Wildman–Crippen MR) is 101 cm³/mol. The van der Waals surface area contributed by atoms with Crippen molar-refractivity contribution in [2.45, 2.75) is 26.8 Å². The molecule has 6 nitrogen and oxygen atoms in total. The molecule has 0 atom stereocenters. The van der Waals surface area contributed by atoms with Crippen LogP contribution in [0.1, 0.15) is 34.1 Å². The van der Waals surface area contributed by atoms with Gasteiger partial charge in [-0.05, 0) is 31.5 Å². The van der Waals surface area contributed by atoms with Crippen LogP contribution < -0.4 is 10.2 Å². The molecule has 9 heteroatoms. The van der Waals surface area contributed by atoms with Crippen LogP contribution in [-0.4, -0.2) is 61.0 Å². The number of carbonyl (C=O) groups is 2. The second kappa shape index (κ2) is 8.35. The molecule has 2 amide bonds. The first kappa shape index (κ1) is 19.8. The fraction of sp³-hybridized carbons (Fsp3) is 0.556. The zero-order valence-corrected chi connectivity index (χ0v) is 16.4. The molecule has 3 rings (SSSR count). The van der Waals surface area contributed by atoms with Crippen LogP contribution >= 0.6 is 11.3 Å². The smallest absolute Gasteiger partial charge is 0.266 e. The lowest BCUT2D eigenvalue weighted by molar-refractivity contribution is -0.123. The summed E-state index contributed by atoms with van der Waals surface area (Å²) in [5, 5.41) is 3.70. The summed E-state index contributed by atoms with van der Waals surface area (Å²) >= 11 is 1.41. The molecule has 1 N–H and O–H groups in total. The number of halogens is 2. The van der Waals surface area contributed by atoms with Gasteiger partial charge in [0.2, 0.25) is 5.91 Å². The summed E-state index contributed by atoms with van der Waals surface area (Å²) in [6.45, 7) is 7.75. The molecule has 2 aliphatic heterocycles. The maximum Gasteiger partial charge on any atom is 0.266 e. The molecule has 1 saturated heterocycles. The first-order valence-electron chi connectivity index (χ1n) is 9.07. The van der Waals surface area contributed by atoms with Gasteiger partial charge in [-0.3, -0.25) is 14.5 Å². The number of thiophene rings is 1. The van der Waals surface area contributed by atoms with Crippen molar-refractivity contribution < 1.29 is 18.4 Å². The van der Waals surface area contributed by atoms with Crippen LogP contribution in [0, 0.1) is 6.92 Å². The van der Waals surface area contributed by atoms with E-state index in [9.17, 15) is 18.4 Å². The molecular weight excluding hydrogens is 374 g/mol. The standard InChI is InChI=1S/C18H24F2N4O2S/c1-3-22-9-13-12(2)16(17(26)23-8-6-21-15(25)10-23)27-18(13)24(11-22)7-4-5-14(19)20/h5H,3-4,6-11H2,1-2H3,(H,21,25).